The predicted octanol–water partition coefficient (Wildman–Crippen LogP) is 5.59. The summed E-state index contributed by atoms with van der Waals surface area (Å²) in [6.07, 6.45) is 1.14. The molecule has 0 aliphatic heterocycles. The van der Waals surface area contributed by atoms with Crippen molar-refractivity contribution >= 4 is 11.7 Å². The molecule has 154 valence electrons. The molecule has 0 unspecified atom stereocenters. The molecule has 0 radical (unpaired) electrons. The van der Waals surface area contributed by atoms with E-state index in [1.165, 1.54) is 0 Å². The van der Waals surface area contributed by atoms with Crippen molar-refractivity contribution in [3.63, 3.8) is 0 Å². The van der Waals surface area contributed by atoms with E-state index in [0.717, 1.165) is 11.1 Å². The highest BCUT2D eigenvalue weighted by Gasteiger charge is 2.37. The van der Waals surface area contributed by atoms with Gasteiger partial charge in [-0.1, -0.05) is 74.5 Å². The summed E-state index contributed by atoms with van der Waals surface area (Å²) in [4.78, 5) is 28.1. The maximum absolute atomic E-state index is 13.6. The Morgan fingerprint density at radius 2 is 1.47 bits per heavy atom. The third-order valence-corrected chi connectivity index (χ3v) is 5.69. The first kappa shape index (κ1) is 20.1. The summed E-state index contributed by atoms with van der Waals surface area (Å²) < 4.78 is 6.05. The molecule has 0 fully saturated rings. The van der Waals surface area contributed by atoms with Gasteiger partial charge in [-0.2, -0.15) is 0 Å². The smallest absolute Gasteiger partial charge is 0.290 e. The zero-order valence-electron chi connectivity index (χ0n) is 17.8. The Balaban J connectivity index is 1.69. The van der Waals surface area contributed by atoms with Crippen molar-refractivity contribution in [3.05, 3.63) is 94.4 Å². The highest BCUT2D eigenvalue weighted by atomic mass is 16.4. The number of amides is 1. The van der Waals surface area contributed by atoms with Crippen molar-refractivity contribution in [2.45, 2.75) is 46.7 Å². The lowest BCUT2D eigenvalue weighted by Crippen LogP contribution is -2.30. The van der Waals surface area contributed by atoms with E-state index in [9.17, 15) is 9.59 Å². The number of ketones is 1. The fourth-order valence-corrected chi connectivity index (χ4v) is 4.24. The van der Waals surface area contributed by atoms with Crippen molar-refractivity contribution < 1.29 is 14.0 Å². The van der Waals surface area contributed by atoms with E-state index in [1.807, 2.05) is 67.6 Å². The highest BCUT2D eigenvalue weighted by Crippen LogP contribution is 2.38. The van der Waals surface area contributed by atoms with Crippen molar-refractivity contribution in [1.29, 1.82) is 0 Å². The van der Waals surface area contributed by atoms with Gasteiger partial charge >= 0.3 is 0 Å². The monoisotopic (exact) mass is 401 g/mol. The molecule has 3 aromatic rings. The lowest BCUT2D eigenvalue weighted by Gasteiger charge is -2.27. The predicted molar refractivity (Wildman–Crippen MR) is 116 cm³/mol. The van der Waals surface area contributed by atoms with Crippen LogP contribution in [0.3, 0.4) is 0 Å². The minimum Gasteiger partial charge on any atom is -0.455 e. The first-order valence-electron chi connectivity index (χ1n) is 10.4. The molecule has 4 heteroatoms. The van der Waals surface area contributed by atoms with E-state index in [0.29, 0.717) is 42.8 Å². The number of Topliss-reactive ketones (excluding diaryl/α,β-unsaturated/α-hetero) is 1. The average molecular weight is 402 g/mol. The highest BCUT2D eigenvalue weighted by molar-refractivity contribution is 6.03. The third-order valence-electron chi connectivity index (χ3n) is 5.69. The summed E-state index contributed by atoms with van der Waals surface area (Å²) in [5, 5.41) is 0. The summed E-state index contributed by atoms with van der Waals surface area (Å²) in [6.45, 7) is 6.89. The van der Waals surface area contributed by atoms with Gasteiger partial charge in [0, 0.05) is 31.5 Å². The maximum Gasteiger partial charge on any atom is 0.290 e. The molecule has 1 heterocycles. The fourth-order valence-electron chi connectivity index (χ4n) is 4.24. The number of carbonyl (C=O) groups is 2. The lowest BCUT2D eigenvalue weighted by atomic mass is 9.76. The van der Waals surface area contributed by atoms with E-state index < -0.39 is 0 Å². The van der Waals surface area contributed by atoms with Gasteiger partial charge in [-0.25, -0.2) is 0 Å². The standard InChI is InChI=1S/C26H27NO3/c1-18-23-21(28)14-26(2,3)15-22(23)30-24(18)25(29)27(16-19-10-6-4-7-11-19)17-20-12-8-5-9-13-20/h4-13H,14-17H2,1-3H3. The Morgan fingerprint density at radius 1 is 0.933 bits per heavy atom. The molecule has 30 heavy (non-hydrogen) atoms. The van der Waals surface area contributed by atoms with E-state index in [-0.39, 0.29) is 22.9 Å². The SMILES string of the molecule is Cc1c(C(=O)N(Cc2ccccc2)Cc2ccccc2)oc2c1C(=O)CC(C)(C)C2. The number of hydrogen-bond acceptors (Lipinski definition) is 3. The molecule has 1 aliphatic rings. The van der Waals surface area contributed by atoms with Gasteiger partial charge < -0.3 is 9.32 Å². The molecule has 0 N–H and O–H groups in total. The number of benzene rings is 2. The summed E-state index contributed by atoms with van der Waals surface area (Å²) in [7, 11) is 0. The first-order valence-corrected chi connectivity index (χ1v) is 10.4. The van der Waals surface area contributed by atoms with Crippen molar-refractivity contribution in [2.24, 2.45) is 5.41 Å². The van der Waals surface area contributed by atoms with Crippen molar-refractivity contribution in [3.8, 4) is 0 Å². The van der Waals surface area contributed by atoms with Crippen LogP contribution in [-0.4, -0.2) is 16.6 Å². The van der Waals surface area contributed by atoms with E-state index in [2.05, 4.69) is 13.8 Å². The van der Waals surface area contributed by atoms with Gasteiger partial charge in [0.05, 0.1) is 5.56 Å². The Bertz CT molecular complexity index is 1020. The van der Waals surface area contributed by atoms with Crippen LogP contribution in [0.1, 0.15) is 63.6 Å². The van der Waals surface area contributed by atoms with Gasteiger partial charge in [0.25, 0.3) is 5.91 Å². The fraction of sp³-hybridized carbons (Fsp3) is 0.308. The van der Waals surface area contributed by atoms with Gasteiger partial charge in [-0.05, 0) is 23.5 Å². The molecule has 0 saturated carbocycles. The van der Waals surface area contributed by atoms with Crippen LogP contribution >= 0.6 is 0 Å². The minimum atomic E-state index is -0.180. The van der Waals surface area contributed by atoms with Gasteiger partial charge in [-0.15, -0.1) is 0 Å². The third kappa shape index (κ3) is 4.09. The number of hydrogen-bond donors (Lipinski definition) is 0. The van der Waals surface area contributed by atoms with Gasteiger partial charge in [0.15, 0.2) is 11.5 Å². The molecular formula is C26H27NO3. The summed E-state index contributed by atoms with van der Waals surface area (Å²) in [5.74, 6) is 0.828. The van der Waals surface area contributed by atoms with Crippen LogP contribution in [0, 0.1) is 12.3 Å². The Kier molecular flexibility index (Phi) is 5.33. The zero-order chi connectivity index (χ0) is 21.3. The normalized spacial score (nSPS) is 15.0. The van der Waals surface area contributed by atoms with Crippen molar-refractivity contribution in [2.75, 3.05) is 0 Å². The molecule has 4 nitrogen and oxygen atoms in total. The second kappa shape index (κ2) is 7.94. The summed E-state index contributed by atoms with van der Waals surface area (Å²) >= 11 is 0. The number of carbonyl (C=O) groups excluding carboxylic acids is 2. The second-order valence-electron chi connectivity index (χ2n) is 8.93. The van der Waals surface area contributed by atoms with Crippen LogP contribution in [0.4, 0.5) is 0 Å². The second-order valence-corrected chi connectivity index (χ2v) is 8.93. The largest absolute Gasteiger partial charge is 0.455 e. The zero-order valence-corrected chi connectivity index (χ0v) is 17.8. The topological polar surface area (TPSA) is 50.5 Å². The molecule has 0 bridgehead atoms. The van der Waals surface area contributed by atoms with E-state index in [1.54, 1.807) is 4.90 Å². The number of furan rings is 1. The molecule has 4 rings (SSSR count). The van der Waals surface area contributed by atoms with Crippen LogP contribution in [0.2, 0.25) is 0 Å². The van der Waals surface area contributed by atoms with Crippen LogP contribution in [0.15, 0.2) is 65.1 Å². The molecule has 1 aromatic heterocycles. The molecule has 2 aromatic carbocycles. The van der Waals surface area contributed by atoms with Crippen LogP contribution in [0.25, 0.3) is 0 Å². The summed E-state index contributed by atoms with van der Waals surface area (Å²) in [6, 6.07) is 19.9. The quantitative estimate of drug-likeness (QED) is 0.560. The van der Waals surface area contributed by atoms with Crippen LogP contribution in [0.5, 0.6) is 0 Å². The Hall–Kier alpha value is -3.14. The Morgan fingerprint density at radius 3 is 2.00 bits per heavy atom. The number of fused-ring (bicyclic) bond motifs is 1. The molecule has 0 atom stereocenters. The Labute approximate surface area is 177 Å². The average Bonchev–Trinajstić information content (AvgIpc) is 3.03. The van der Waals surface area contributed by atoms with Crippen LogP contribution in [-0.2, 0) is 19.5 Å². The molecular weight excluding hydrogens is 374 g/mol. The molecule has 1 amide bonds. The molecule has 0 spiro atoms. The number of nitrogens with zero attached hydrogens (tertiary/aromatic N) is 1. The van der Waals surface area contributed by atoms with Gasteiger partial charge in [0.1, 0.15) is 5.76 Å². The van der Waals surface area contributed by atoms with Crippen molar-refractivity contribution in [1.82, 2.24) is 4.90 Å². The van der Waals surface area contributed by atoms with Gasteiger partial charge in [-0.3, -0.25) is 9.59 Å². The molecule has 1 aliphatic carbocycles. The van der Waals surface area contributed by atoms with E-state index in [4.69, 9.17) is 4.42 Å². The van der Waals surface area contributed by atoms with Crippen LogP contribution < -0.4 is 0 Å². The minimum absolute atomic E-state index is 0.0687. The maximum atomic E-state index is 13.6. The number of rotatable bonds is 5. The van der Waals surface area contributed by atoms with E-state index >= 15 is 0 Å². The lowest BCUT2D eigenvalue weighted by molar-refractivity contribution is 0.0691. The first-order chi connectivity index (χ1) is 14.3. The van der Waals surface area contributed by atoms with Gasteiger partial charge in [0.2, 0.25) is 0 Å². The summed E-state index contributed by atoms with van der Waals surface area (Å²) in [5.41, 5.74) is 3.22. The molecule has 0 saturated heterocycles.